The summed E-state index contributed by atoms with van der Waals surface area (Å²) in [6.07, 6.45) is 3.89. The molecular formula is C21H33IN6O2. The number of ether oxygens (including phenoxy) is 1. The summed E-state index contributed by atoms with van der Waals surface area (Å²) in [6, 6.07) is 8.00. The third-order valence-electron chi connectivity index (χ3n) is 5.07. The number of aromatic nitrogens is 3. The molecule has 0 radical (unpaired) electrons. The van der Waals surface area contributed by atoms with Crippen molar-refractivity contribution in [2.75, 3.05) is 20.1 Å². The minimum absolute atomic E-state index is 0. The Kier molecular flexibility index (Phi) is 9.67. The van der Waals surface area contributed by atoms with E-state index in [2.05, 4.69) is 20.7 Å². The molecule has 1 aromatic heterocycles. The molecule has 3 rings (SSSR count). The maximum absolute atomic E-state index is 12.3. The van der Waals surface area contributed by atoms with E-state index in [-0.39, 0.29) is 35.8 Å². The SMILES string of the molecule is CN=C(NCCCn1nc2n(c1=O)CCCC2)NCC(C)Oc1ccccc1C.I. The topological polar surface area (TPSA) is 85.5 Å². The monoisotopic (exact) mass is 528 g/mol. The Balaban J connectivity index is 0.00000320. The molecular weight excluding hydrogens is 495 g/mol. The second kappa shape index (κ2) is 12.0. The normalized spacial score (nSPS) is 14.4. The first-order chi connectivity index (χ1) is 14.1. The third-order valence-corrected chi connectivity index (χ3v) is 5.07. The van der Waals surface area contributed by atoms with Gasteiger partial charge < -0.3 is 15.4 Å². The van der Waals surface area contributed by atoms with Crippen LogP contribution < -0.4 is 21.1 Å². The molecule has 2 N–H and O–H groups in total. The first-order valence-electron chi connectivity index (χ1n) is 10.4. The number of hydrogen-bond acceptors (Lipinski definition) is 4. The lowest BCUT2D eigenvalue weighted by atomic mass is 10.2. The molecule has 1 aliphatic rings. The van der Waals surface area contributed by atoms with E-state index in [9.17, 15) is 4.79 Å². The zero-order chi connectivity index (χ0) is 20.6. The van der Waals surface area contributed by atoms with Crippen LogP contribution in [0.4, 0.5) is 0 Å². The number of benzene rings is 1. The molecule has 9 heteroatoms. The smallest absolute Gasteiger partial charge is 0.345 e. The van der Waals surface area contributed by atoms with Gasteiger partial charge in [-0.15, -0.1) is 24.0 Å². The number of fused-ring (bicyclic) bond motifs is 1. The first-order valence-corrected chi connectivity index (χ1v) is 10.4. The highest BCUT2D eigenvalue weighted by Gasteiger charge is 2.16. The molecule has 0 amide bonds. The molecule has 0 saturated carbocycles. The number of rotatable bonds is 8. The molecule has 30 heavy (non-hydrogen) atoms. The number of aliphatic imine (C=N–C) groups is 1. The van der Waals surface area contributed by atoms with Crippen LogP contribution in [0, 0.1) is 6.92 Å². The number of para-hydroxylation sites is 1. The predicted octanol–water partition coefficient (Wildman–Crippen LogP) is 2.33. The summed E-state index contributed by atoms with van der Waals surface area (Å²) in [5, 5.41) is 11.0. The molecule has 1 aliphatic heterocycles. The zero-order valence-electron chi connectivity index (χ0n) is 18.1. The van der Waals surface area contributed by atoms with Crippen LogP contribution in [0.25, 0.3) is 0 Å². The molecule has 0 saturated heterocycles. The molecule has 0 aliphatic carbocycles. The highest BCUT2D eigenvalue weighted by molar-refractivity contribution is 14.0. The summed E-state index contributed by atoms with van der Waals surface area (Å²) >= 11 is 0. The summed E-state index contributed by atoms with van der Waals surface area (Å²) in [4.78, 5) is 16.6. The second-order valence-electron chi connectivity index (χ2n) is 7.46. The van der Waals surface area contributed by atoms with Gasteiger partial charge in [0.2, 0.25) is 0 Å². The van der Waals surface area contributed by atoms with Gasteiger partial charge in [-0.2, -0.15) is 5.10 Å². The highest BCUT2D eigenvalue weighted by Crippen LogP contribution is 2.17. The van der Waals surface area contributed by atoms with Crippen molar-refractivity contribution in [1.82, 2.24) is 25.0 Å². The minimum Gasteiger partial charge on any atom is -0.489 e. The van der Waals surface area contributed by atoms with Gasteiger partial charge in [-0.1, -0.05) is 18.2 Å². The Morgan fingerprint density at radius 3 is 2.83 bits per heavy atom. The van der Waals surface area contributed by atoms with Gasteiger partial charge in [-0.3, -0.25) is 9.56 Å². The number of aryl methyl sites for hydroxylation is 3. The van der Waals surface area contributed by atoms with Crippen LogP contribution in [-0.2, 0) is 19.5 Å². The summed E-state index contributed by atoms with van der Waals surface area (Å²) in [7, 11) is 1.75. The Morgan fingerprint density at radius 1 is 1.30 bits per heavy atom. The summed E-state index contributed by atoms with van der Waals surface area (Å²) in [5.41, 5.74) is 1.14. The van der Waals surface area contributed by atoms with Crippen molar-refractivity contribution >= 4 is 29.9 Å². The number of halogens is 1. The Hall–Kier alpha value is -2.04. The second-order valence-corrected chi connectivity index (χ2v) is 7.46. The van der Waals surface area contributed by atoms with Crippen LogP contribution in [0.1, 0.15) is 37.6 Å². The van der Waals surface area contributed by atoms with E-state index >= 15 is 0 Å². The maximum atomic E-state index is 12.3. The largest absolute Gasteiger partial charge is 0.489 e. The number of nitrogens with zero attached hydrogens (tertiary/aromatic N) is 4. The number of guanidine groups is 1. The van der Waals surface area contributed by atoms with Gasteiger partial charge in [-0.25, -0.2) is 9.48 Å². The average molecular weight is 528 g/mol. The lowest BCUT2D eigenvalue weighted by Gasteiger charge is -2.18. The van der Waals surface area contributed by atoms with Crippen molar-refractivity contribution in [3.8, 4) is 5.75 Å². The highest BCUT2D eigenvalue weighted by atomic mass is 127. The molecule has 2 aromatic rings. The van der Waals surface area contributed by atoms with E-state index in [1.807, 2.05) is 42.7 Å². The van der Waals surface area contributed by atoms with Crippen LogP contribution in [0.3, 0.4) is 0 Å². The standard InChI is InChI=1S/C21H32N6O2.HI/c1-16-9-4-5-10-18(16)29-17(2)15-24-20(22-3)23-12-8-14-27-21(28)26-13-7-6-11-19(26)25-27;/h4-5,9-10,17H,6-8,11-15H2,1-3H3,(H2,22,23,24);1H. The van der Waals surface area contributed by atoms with E-state index in [0.717, 1.165) is 55.3 Å². The fourth-order valence-electron chi connectivity index (χ4n) is 3.44. The van der Waals surface area contributed by atoms with Gasteiger partial charge in [0.05, 0.1) is 6.54 Å². The fourth-order valence-corrected chi connectivity index (χ4v) is 3.44. The van der Waals surface area contributed by atoms with Gasteiger partial charge in [0.1, 0.15) is 17.7 Å². The maximum Gasteiger partial charge on any atom is 0.345 e. The van der Waals surface area contributed by atoms with Gasteiger partial charge >= 0.3 is 5.69 Å². The van der Waals surface area contributed by atoms with Crippen LogP contribution in [0.2, 0.25) is 0 Å². The average Bonchev–Trinajstić information content (AvgIpc) is 3.05. The molecule has 1 atom stereocenters. The van der Waals surface area contributed by atoms with Gasteiger partial charge in [0.15, 0.2) is 5.96 Å². The van der Waals surface area contributed by atoms with Crippen LogP contribution in [0.5, 0.6) is 5.75 Å². The van der Waals surface area contributed by atoms with E-state index in [1.54, 1.807) is 11.7 Å². The van der Waals surface area contributed by atoms with Crippen molar-refractivity contribution in [2.24, 2.45) is 4.99 Å². The number of hydrogen-bond donors (Lipinski definition) is 2. The summed E-state index contributed by atoms with van der Waals surface area (Å²) in [6.45, 7) is 6.82. The molecule has 8 nitrogen and oxygen atoms in total. The van der Waals surface area contributed by atoms with Gasteiger partial charge in [-0.05, 0) is 44.7 Å². The fraction of sp³-hybridized carbons (Fsp3) is 0.571. The van der Waals surface area contributed by atoms with Gasteiger partial charge in [0, 0.05) is 33.1 Å². The lowest BCUT2D eigenvalue weighted by Crippen LogP contribution is -2.42. The van der Waals surface area contributed by atoms with E-state index in [1.165, 1.54) is 0 Å². The van der Waals surface area contributed by atoms with Crippen molar-refractivity contribution < 1.29 is 4.74 Å². The summed E-state index contributed by atoms with van der Waals surface area (Å²) < 4.78 is 9.39. The van der Waals surface area contributed by atoms with E-state index < -0.39 is 0 Å². The molecule has 2 heterocycles. The third kappa shape index (κ3) is 6.48. The minimum atomic E-state index is 0. The van der Waals surface area contributed by atoms with Crippen molar-refractivity contribution in [2.45, 2.75) is 58.7 Å². The first kappa shape index (κ1) is 24.2. The Bertz CT molecular complexity index is 892. The zero-order valence-corrected chi connectivity index (χ0v) is 20.4. The molecule has 0 fully saturated rings. The van der Waals surface area contributed by atoms with Crippen LogP contribution >= 0.6 is 24.0 Å². The molecule has 166 valence electrons. The molecule has 1 unspecified atom stereocenters. The number of nitrogens with one attached hydrogen (secondary N) is 2. The molecule has 0 spiro atoms. The molecule has 1 aromatic carbocycles. The predicted molar refractivity (Wildman–Crippen MR) is 130 cm³/mol. The quantitative estimate of drug-likeness (QED) is 0.238. The van der Waals surface area contributed by atoms with E-state index in [0.29, 0.717) is 19.6 Å². The van der Waals surface area contributed by atoms with Crippen LogP contribution in [-0.4, -0.2) is 46.5 Å². The Morgan fingerprint density at radius 2 is 2.10 bits per heavy atom. The van der Waals surface area contributed by atoms with Crippen molar-refractivity contribution in [1.29, 1.82) is 0 Å². The van der Waals surface area contributed by atoms with E-state index in [4.69, 9.17) is 4.74 Å². The molecule has 0 bridgehead atoms. The lowest BCUT2D eigenvalue weighted by molar-refractivity contribution is 0.222. The van der Waals surface area contributed by atoms with Crippen LogP contribution in [0.15, 0.2) is 34.1 Å². The van der Waals surface area contributed by atoms with Gasteiger partial charge in [0.25, 0.3) is 0 Å². The Labute approximate surface area is 195 Å². The summed E-state index contributed by atoms with van der Waals surface area (Å²) in [5.74, 6) is 2.55. The van der Waals surface area contributed by atoms with Crippen molar-refractivity contribution in [3.05, 3.63) is 46.1 Å². The van der Waals surface area contributed by atoms with Crippen molar-refractivity contribution in [3.63, 3.8) is 0 Å².